The molecule has 2 aliphatic heterocycles. The van der Waals surface area contributed by atoms with Crippen LogP contribution < -0.4 is 14.8 Å². The van der Waals surface area contributed by atoms with Gasteiger partial charge < -0.3 is 33.9 Å². The predicted molar refractivity (Wildman–Crippen MR) is 170 cm³/mol. The van der Waals surface area contributed by atoms with E-state index in [-0.39, 0.29) is 18.1 Å². The lowest BCUT2D eigenvalue weighted by Crippen LogP contribution is -2.35. The molecule has 0 saturated carbocycles. The number of cyclic esters (lactones) is 1. The van der Waals surface area contributed by atoms with Gasteiger partial charge in [-0.2, -0.15) is 0 Å². The first-order chi connectivity index (χ1) is 21.6. The number of ether oxygens (including phenoxy) is 5. The summed E-state index contributed by atoms with van der Waals surface area (Å²) < 4.78 is 28.9. The van der Waals surface area contributed by atoms with Crippen molar-refractivity contribution in [1.82, 2.24) is 10.2 Å². The van der Waals surface area contributed by atoms with Crippen molar-refractivity contribution in [3.63, 3.8) is 0 Å². The van der Waals surface area contributed by atoms with Crippen LogP contribution in [0.3, 0.4) is 0 Å². The van der Waals surface area contributed by atoms with Crippen LogP contribution in [-0.2, 0) is 33.8 Å². The molecule has 0 aliphatic carbocycles. The van der Waals surface area contributed by atoms with E-state index in [1.807, 2.05) is 80.6 Å². The number of carbonyl (C=O) groups excluding carboxylic acids is 2. The number of nitrogens with one attached hydrogen (secondary N) is 1. The third-order valence-corrected chi connectivity index (χ3v) is 7.83. The lowest BCUT2D eigenvalue weighted by atomic mass is 10.0. The fourth-order valence-electron chi connectivity index (χ4n) is 5.23. The van der Waals surface area contributed by atoms with Gasteiger partial charge in [0.15, 0.2) is 0 Å². The second-order valence-electron chi connectivity index (χ2n) is 12.4. The van der Waals surface area contributed by atoms with Gasteiger partial charge in [-0.25, -0.2) is 4.79 Å². The van der Waals surface area contributed by atoms with Crippen LogP contribution in [0.15, 0.2) is 66.7 Å². The van der Waals surface area contributed by atoms with Crippen molar-refractivity contribution >= 4 is 12.0 Å². The summed E-state index contributed by atoms with van der Waals surface area (Å²) in [6.07, 6.45) is 1.04. The second-order valence-corrected chi connectivity index (χ2v) is 12.4. The molecule has 1 atom stereocenters. The Kier molecular flexibility index (Phi) is 10.6. The molecule has 240 valence electrons. The average molecular weight is 617 g/mol. The predicted octanol–water partition coefficient (Wildman–Crippen LogP) is 6.44. The van der Waals surface area contributed by atoms with Crippen LogP contribution in [-0.4, -0.2) is 55.5 Å². The molecule has 1 N–H and O–H groups in total. The lowest BCUT2D eigenvalue weighted by Gasteiger charge is -2.32. The van der Waals surface area contributed by atoms with Gasteiger partial charge in [-0.3, -0.25) is 4.79 Å². The second kappa shape index (κ2) is 14.8. The highest BCUT2D eigenvalue weighted by Gasteiger charge is 2.33. The first-order valence-corrected chi connectivity index (χ1v) is 15.7. The summed E-state index contributed by atoms with van der Waals surface area (Å²) in [5.74, 6) is 1.40. The van der Waals surface area contributed by atoms with Gasteiger partial charge in [0.1, 0.15) is 24.2 Å². The minimum Gasteiger partial charge on any atom is -0.491 e. The molecule has 9 nitrogen and oxygen atoms in total. The highest BCUT2D eigenvalue weighted by molar-refractivity contribution is 5.94. The normalized spacial score (nSPS) is 17.0. The standard InChI is InChI=1S/C36H44N2O7/c1-25(2)14-16-37-34(39)29-7-5-6-27(20-29)23-41-18-19-42-31-11-8-26(9-12-31)15-17-38-22-33(44-35(38)40)28-10-13-32-30(21-28)24-43-36(3,4)45-32/h5-13,20-21,25,33H,14-19,22-24H2,1-4H3,(H,37,39). The van der Waals surface area contributed by atoms with Gasteiger partial charge in [-0.1, -0.05) is 44.2 Å². The number of hydrogen-bond donors (Lipinski definition) is 1. The zero-order chi connectivity index (χ0) is 31.8. The van der Waals surface area contributed by atoms with E-state index in [1.54, 1.807) is 4.90 Å². The Hall–Kier alpha value is -4.08. The molecule has 1 fully saturated rings. The minimum atomic E-state index is -0.646. The van der Waals surface area contributed by atoms with Crippen molar-refractivity contribution in [2.45, 2.75) is 65.6 Å². The van der Waals surface area contributed by atoms with Crippen LogP contribution in [0.5, 0.6) is 11.5 Å². The Morgan fingerprint density at radius 2 is 1.87 bits per heavy atom. The molecule has 2 heterocycles. The Morgan fingerprint density at radius 3 is 2.67 bits per heavy atom. The molecule has 3 aromatic carbocycles. The Balaban J connectivity index is 1.00. The number of fused-ring (bicyclic) bond motifs is 1. The zero-order valence-electron chi connectivity index (χ0n) is 26.7. The van der Waals surface area contributed by atoms with E-state index < -0.39 is 5.79 Å². The summed E-state index contributed by atoms with van der Waals surface area (Å²) in [7, 11) is 0. The number of amides is 2. The fourth-order valence-corrected chi connectivity index (χ4v) is 5.23. The number of hydrogen-bond acceptors (Lipinski definition) is 7. The number of carbonyl (C=O) groups is 2. The van der Waals surface area contributed by atoms with Crippen LogP contribution in [0.1, 0.15) is 72.8 Å². The monoisotopic (exact) mass is 616 g/mol. The molecule has 0 spiro atoms. The van der Waals surface area contributed by atoms with Gasteiger partial charge in [-0.05, 0) is 71.8 Å². The smallest absolute Gasteiger partial charge is 0.410 e. The average Bonchev–Trinajstić information content (AvgIpc) is 3.39. The van der Waals surface area contributed by atoms with Crippen LogP contribution in [0.25, 0.3) is 0 Å². The molecule has 0 bridgehead atoms. The largest absolute Gasteiger partial charge is 0.491 e. The summed E-state index contributed by atoms with van der Waals surface area (Å²) >= 11 is 0. The van der Waals surface area contributed by atoms with Crippen molar-refractivity contribution in [2.75, 3.05) is 32.8 Å². The van der Waals surface area contributed by atoms with E-state index in [0.717, 1.165) is 40.2 Å². The number of benzene rings is 3. The van der Waals surface area contributed by atoms with E-state index in [2.05, 4.69) is 19.2 Å². The van der Waals surface area contributed by atoms with E-state index in [4.69, 9.17) is 23.7 Å². The summed E-state index contributed by atoms with van der Waals surface area (Å²) in [5.41, 5.74) is 4.59. The zero-order valence-corrected chi connectivity index (χ0v) is 26.7. The van der Waals surface area contributed by atoms with Crippen LogP contribution in [0, 0.1) is 5.92 Å². The van der Waals surface area contributed by atoms with Crippen LogP contribution in [0.2, 0.25) is 0 Å². The van der Waals surface area contributed by atoms with Crippen molar-refractivity contribution in [2.24, 2.45) is 5.92 Å². The van der Waals surface area contributed by atoms with Crippen molar-refractivity contribution in [3.8, 4) is 11.5 Å². The van der Waals surface area contributed by atoms with E-state index >= 15 is 0 Å². The van der Waals surface area contributed by atoms with Gasteiger partial charge in [-0.15, -0.1) is 0 Å². The van der Waals surface area contributed by atoms with Crippen molar-refractivity contribution < 1.29 is 33.3 Å². The molecular weight excluding hydrogens is 572 g/mol. The Morgan fingerprint density at radius 1 is 1.04 bits per heavy atom. The molecule has 1 unspecified atom stereocenters. The maximum absolute atomic E-state index is 12.6. The Labute approximate surface area is 265 Å². The quantitative estimate of drug-likeness (QED) is 0.208. The molecule has 1 saturated heterocycles. The summed E-state index contributed by atoms with van der Waals surface area (Å²) in [6.45, 7) is 11.5. The lowest BCUT2D eigenvalue weighted by molar-refractivity contribution is -0.180. The first-order valence-electron chi connectivity index (χ1n) is 15.7. The van der Waals surface area contributed by atoms with Gasteiger partial charge in [0, 0.05) is 38.1 Å². The number of rotatable bonds is 14. The molecule has 9 heteroatoms. The SMILES string of the molecule is CC(C)CCNC(=O)c1cccc(COCCOc2ccc(CCN3CC(c4ccc5c(c4)COC(C)(C)O5)OC3=O)cc2)c1. The Bertz CT molecular complexity index is 1450. The molecular formula is C36H44N2O7. The number of nitrogens with zero attached hydrogens (tertiary/aromatic N) is 1. The van der Waals surface area contributed by atoms with Crippen molar-refractivity contribution in [1.29, 1.82) is 0 Å². The van der Waals surface area contributed by atoms with Crippen LogP contribution >= 0.6 is 0 Å². The molecule has 0 radical (unpaired) electrons. The van der Waals surface area contributed by atoms with E-state index in [1.165, 1.54) is 0 Å². The van der Waals surface area contributed by atoms with E-state index in [0.29, 0.717) is 64.0 Å². The maximum atomic E-state index is 12.6. The summed E-state index contributed by atoms with van der Waals surface area (Å²) in [6, 6.07) is 21.3. The maximum Gasteiger partial charge on any atom is 0.410 e. The van der Waals surface area contributed by atoms with Gasteiger partial charge in [0.05, 0.1) is 26.4 Å². The van der Waals surface area contributed by atoms with Gasteiger partial charge in [0.2, 0.25) is 5.79 Å². The summed E-state index contributed by atoms with van der Waals surface area (Å²) in [5, 5.41) is 2.97. The third kappa shape index (κ3) is 9.22. The minimum absolute atomic E-state index is 0.0601. The van der Waals surface area contributed by atoms with Crippen molar-refractivity contribution in [3.05, 3.63) is 94.5 Å². The topological polar surface area (TPSA) is 95.6 Å². The van der Waals surface area contributed by atoms with Gasteiger partial charge in [0.25, 0.3) is 5.91 Å². The van der Waals surface area contributed by atoms with Gasteiger partial charge >= 0.3 is 6.09 Å². The molecule has 2 amide bonds. The first kappa shape index (κ1) is 32.3. The molecule has 5 rings (SSSR count). The fraction of sp³-hybridized carbons (Fsp3) is 0.444. The molecule has 0 aromatic heterocycles. The highest BCUT2D eigenvalue weighted by Crippen LogP contribution is 2.35. The van der Waals surface area contributed by atoms with Crippen LogP contribution in [0.4, 0.5) is 4.79 Å². The van der Waals surface area contributed by atoms with E-state index in [9.17, 15) is 9.59 Å². The molecule has 45 heavy (non-hydrogen) atoms. The highest BCUT2D eigenvalue weighted by atomic mass is 16.7. The molecule has 2 aliphatic rings. The summed E-state index contributed by atoms with van der Waals surface area (Å²) in [4.78, 5) is 26.7. The molecule has 3 aromatic rings. The third-order valence-electron chi connectivity index (χ3n) is 7.83.